The second-order valence-electron chi connectivity index (χ2n) is 4.63. The van der Waals surface area contributed by atoms with Gasteiger partial charge in [-0.1, -0.05) is 38.5 Å². The molecule has 0 aromatic heterocycles. The van der Waals surface area contributed by atoms with Crippen molar-refractivity contribution in [2.24, 2.45) is 11.7 Å². The molecule has 104 valence electrons. The molecular weight excluding hydrogens is 244 g/mol. The Hall–Kier alpha value is -1.88. The average molecular weight is 264 g/mol. The maximum Gasteiger partial charge on any atom is 0.307 e. The molecule has 1 rings (SSSR count). The third-order valence-electron chi connectivity index (χ3n) is 3.18. The molecule has 0 saturated carbocycles. The Morgan fingerprint density at radius 3 is 2.58 bits per heavy atom. The Balaban J connectivity index is 2.81. The first-order valence-electron chi connectivity index (χ1n) is 6.31. The number of aliphatic carboxylic acids is 1. The van der Waals surface area contributed by atoms with Crippen LogP contribution in [0.4, 0.5) is 5.69 Å². The smallest absolute Gasteiger partial charge is 0.307 e. The van der Waals surface area contributed by atoms with E-state index in [1.807, 2.05) is 13.8 Å². The van der Waals surface area contributed by atoms with Gasteiger partial charge in [-0.15, -0.1) is 0 Å². The van der Waals surface area contributed by atoms with Gasteiger partial charge in [0.15, 0.2) is 0 Å². The molecule has 0 aliphatic carbocycles. The van der Waals surface area contributed by atoms with Crippen molar-refractivity contribution < 1.29 is 14.7 Å². The number of hydrogen-bond acceptors (Lipinski definition) is 3. The highest BCUT2D eigenvalue weighted by Crippen LogP contribution is 2.17. The molecule has 5 heteroatoms. The zero-order valence-electron chi connectivity index (χ0n) is 11.2. The number of carbonyl (C=O) groups excluding carboxylic acids is 1. The predicted octanol–water partition coefficient (Wildman–Crippen LogP) is 1.63. The lowest BCUT2D eigenvalue weighted by Gasteiger charge is -2.18. The lowest BCUT2D eigenvalue weighted by Crippen LogP contribution is -2.40. The van der Waals surface area contributed by atoms with Crippen molar-refractivity contribution in [2.45, 2.75) is 32.7 Å². The number of rotatable bonds is 6. The van der Waals surface area contributed by atoms with E-state index in [-0.39, 0.29) is 18.2 Å². The van der Waals surface area contributed by atoms with Gasteiger partial charge in [-0.25, -0.2) is 0 Å². The number of nitrogens with two attached hydrogens (primary N) is 1. The van der Waals surface area contributed by atoms with E-state index >= 15 is 0 Å². The average Bonchev–Trinajstić information content (AvgIpc) is 2.38. The van der Waals surface area contributed by atoms with E-state index in [4.69, 9.17) is 10.8 Å². The summed E-state index contributed by atoms with van der Waals surface area (Å²) in [6.07, 6.45) is 0.681. The van der Waals surface area contributed by atoms with Gasteiger partial charge in [0.1, 0.15) is 0 Å². The van der Waals surface area contributed by atoms with Gasteiger partial charge in [-0.2, -0.15) is 0 Å². The van der Waals surface area contributed by atoms with E-state index < -0.39 is 12.0 Å². The van der Waals surface area contributed by atoms with Gasteiger partial charge in [-0.3, -0.25) is 9.59 Å². The number of benzene rings is 1. The molecule has 5 nitrogen and oxygen atoms in total. The fourth-order valence-corrected chi connectivity index (χ4v) is 1.69. The number of carbonyl (C=O) groups is 2. The van der Waals surface area contributed by atoms with E-state index in [2.05, 4.69) is 5.32 Å². The molecule has 0 radical (unpaired) electrons. The zero-order chi connectivity index (χ0) is 14.4. The maximum atomic E-state index is 12.0. The number of hydrogen-bond donors (Lipinski definition) is 3. The van der Waals surface area contributed by atoms with Crippen molar-refractivity contribution in [3.63, 3.8) is 0 Å². The van der Waals surface area contributed by atoms with Gasteiger partial charge in [0.25, 0.3) is 0 Å². The molecule has 0 aliphatic rings. The molecule has 0 heterocycles. The van der Waals surface area contributed by atoms with E-state index in [1.165, 1.54) is 0 Å². The normalized spacial score (nSPS) is 13.6. The van der Waals surface area contributed by atoms with Crippen LogP contribution in [0.3, 0.4) is 0 Å². The Kier molecular flexibility index (Phi) is 5.51. The summed E-state index contributed by atoms with van der Waals surface area (Å²) in [5.74, 6) is -1.15. The Morgan fingerprint density at radius 2 is 2.00 bits per heavy atom. The van der Waals surface area contributed by atoms with Gasteiger partial charge in [0.05, 0.1) is 12.5 Å². The lowest BCUT2D eigenvalue weighted by molar-refractivity contribution is -0.136. The number of carboxylic acids is 1. The largest absolute Gasteiger partial charge is 0.481 e. The van der Waals surface area contributed by atoms with Crippen LogP contribution in [0, 0.1) is 5.92 Å². The Labute approximate surface area is 112 Å². The van der Waals surface area contributed by atoms with Gasteiger partial charge < -0.3 is 16.2 Å². The van der Waals surface area contributed by atoms with Crippen LogP contribution in [0.2, 0.25) is 0 Å². The highest BCUT2D eigenvalue weighted by molar-refractivity contribution is 5.96. The minimum Gasteiger partial charge on any atom is -0.481 e. The second kappa shape index (κ2) is 6.89. The molecule has 1 unspecified atom stereocenters. The summed E-state index contributed by atoms with van der Waals surface area (Å²) in [7, 11) is 0. The molecule has 0 fully saturated rings. The fraction of sp³-hybridized carbons (Fsp3) is 0.429. The van der Waals surface area contributed by atoms with Crippen LogP contribution in [-0.2, 0) is 16.0 Å². The topological polar surface area (TPSA) is 92.4 Å². The minimum atomic E-state index is -0.937. The van der Waals surface area contributed by atoms with Crippen LogP contribution in [-0.4, -0.2) is 23.0 Å². The van der Waals surface area contributed by atoms with Gasteiger partial charge in [0, 0.05) is 5.69 Å². The Morgan fingerprint density at radius 1 is 1.37 bits per heavy atom. The van der Waals surface area contributed by atoms with Crippen LogP contribution in [0.5, 0.6) is 0 Å². The molecule has 0 saturated heterocycles. The first-order valence-corrected chi connectivity index (χ1v) is 6.31. The lowest BCUT2D eigenvalue weighted by atomic mass is 9.99. The molecule has 19 heavy (non-hydrogen) atoms. The summed E-state index contributed by atoms with van der Waals surface area (Å²) >= 11 is 0. The number of anilines is 1. The quantitative estimate of drug-likeness (QED) is 0.728. The monoisotopic (exact) mass is 264 g/mol. The van der Waals surface area contributed by atoms with E-state index in [0.717, 1.165) is 6.42 Å². The highest BCUT2D eigenvalue weighted by Gasteiger charge is 2.20. The van der Waals surface area contributed by atoms with Gasteiger partial charge >= 0.3 is 5.97 Å². The molecule has 1 aromatic carbocycles. The first-order chi connectivity index (χ1) is 8.95. The summed E-state index contributed by atoms with van der Waals surface area (Å²) < 4.78 is 0. The van der Waals surface area contributed by atoms with Crippen molar-refractivity contribution in [2.75, 3.05) is 5.32 Å². The van der Waals surface area contributed by atoms with Crippen LogP contribution in [0.15, 0.2) is 24.3 Å². The van der Waals surface area contributed by atoms with E-state index in [1.54, 1.807) is 24.3 Å². The van der Waals surface area contributed by atoms with Crippen molar-refractivity contribution in [3.05, 3.63) is 29.8 Å². The number of para-hydroxylation sites is 1. The highest BCUT2D eigenvalue weighted by atomic mass is 16.4. The molecule has 1 aromatic rings. The van der Waals surface area contributed by atoms with Crippen molar-refractivity contribution in [1.82, 2.24) is 0 Å². The number of carboxylic acid groups (broad SMARTS) is 1. The summed E-state index contributed by atoms with van der Waals surface area (Å²) in [6.45, 7) is 3.88. The van der Waals surface area contributed by atoms with Crippen LogP contribution in [0.1, 0.15) is 25.8 Å². The van der Waals surface area contributed by atoms with E-state index in [0.29, 0.717) is 11.3 Å². The summed E-state index contributed by atoms with van der Waals surface area (Å²) in [5.41, 5.74) is 6.92. The molecule has 2 atom stereocenters. The summed E-state index contributed by atoms with van der Waals surface area (Å²) in [6, 6.07) is 6.25. The molecule has 1 amide bonds. The fourth-order valence-electron chi connectivity index (χ4n) is 1.69. The SMILES string of the molecule is CCC(C)[C@H](N)C(=O)Nc1ccccc1CC(=O)O. The van der Waals surface area contributed by atoms with Crippen LogP contribution < -0.4 is 11.1 Å². The number of nitrogens with one attached hydrogen (secondary N) is 1. The predicted molar refractivity (Wildman–Crippen MR) is 73.8 cm³/mol. The van der Waals surface area contributed by atoms with Crippen molar-refractivity contribution in [3.8, 4) is 0 Å². The van der Waals surface area contributed by atoms with Crippen molar-refractivity contribution in [1.29, 1.82) is 0 Å². The molecule has 0 bridgehead atoms. The number of amides is 1. The van der Waals surface area contributed by atoms with Gasteiger partial charge in [0.2, 0.25) is 5.91 Å². The second-order valence-corrected chi connectivity index (χ2v) is 4.63. The standard InChI is InChI=1S/C14H20N2O3/c1-3-9(2)13(15)14(19)16-11-7-5-4-6-10(11)8-12(17)18/h4-7,9,13H,3,8,15H2,1-2H3,(H,16,19)(H,17,18)/t9?,13-/m0/s1. The van der Waals surface area contributed by atoms with Crippen molar-refractivity contribution >= 4 is 17.6 Å². The zero-order valence-corrected chi connectivity index (χ0v) is 11.2. The first kappa shape index (κ1) is 15.2. The minimum absolute atomic E-state index is 0.0756. The molecule has 4 N–H and O–H groups in total. The van der Waals surface area contributed by atoms with E-state index in [9.17, 15) is 9.59 Å². The summed E-state index contributed by atoms with van der Waals surface area (Å²) in [4.78, 5) is 22.7. The third kappa shape index (κ3) is 4.37. The molecule has 0 spiro atoms. The molecule has 0 aliphatic heterocycles. The molecular formula is C14H20N2O3. The third-order valence-corrected chi connectivity index (χ3v) is 3.18. The van der Waals surface area contributed by atoms with Crippen LogP contribution in [0.25, 0.3) is 0 Å². The van der Waals surface area contributed by atoms with Gasteiger partial charge in [-0.05, 0) is 17.5 Å². The Bertz CT molecular complexity index is 460. The van der Waals surface area contributed by atoms with Crippen LogP contribution >= 0.6 is 0 Å². The maximum absolute atomic E-state index is 12.0. The summed E-state index contributed by atoms with van der Waals surface area (Å²) in [5, 5.41) is 11.5.